The highest BCUT2D eigenvalue weighted by atomic mass is 19.4. The lowest BCUT2D eigenvalue weighted by molar-refractivity contribution is -0.137. The van der Waals surface area contributed by atoms with Crippen molar-refractivity contribution in [2.75, 3.05) is 0 Å². The Bertz CT molecular complexity index is 762. The molecular weight excluding hydrogens is 293 g/mol. The zero-order chi connectivity index (χ0) is 15.6. The molecule has 0 spiro atoms. The van der Waals surface area contributed by atoms with Gasteiger partial charge in [0, 0.05) is 37.1 Å². The van der Waals surface area contributed by atoms with Gasteiger partial charge in [-0.3, -0.25) is 4.98 Å². The molecule has 0 atom stereocenters. The van der Waals surface area contributed by atoms with Crippen molar-refractivity contribution >= 4 is 11.0 Å². The fourth-order valence-electron chi connectivity index (χ4n) is 2.19. The van der Waals surface area contributed by atoms with Crippen molar-refractivity contribution < 1.29 is 13.2 Å². The maximum Gasteiger partial charge on any atom is 0.417 e. The number of nitrogens with one attached hydrogen (secondary N) is 2. The second-order valence-corrected chi connectivity index (χ2v) is 4.85. The average Bonchev–Trinajstić information content (AvgIpc) is 2.96. The first kappa shape index (κ1) is 14.5. The Morgan fingerprint density at radius 3 is 2.64 bits per heavy atom. The molecule has 0 bridgehead atoms. The normalized spacial score (nSPS) is 12.0. The van der Waals surface area contributed by atoms with Gasteiger partial charge in [0.05, 0.1) is 11.3 Å². The van der Waals surface area contributed by atoms with Crippen molar-refractivity contribution in [2.24, 2.45) is 0 Å². The van der Waals surface area contributed by atoms with Gasteiger partial charge in [-0.05, 0) is 29.8 Å². The second kappa shape index (κ2) is 5.76. The molecule has 3 heterocycles. The number of nitrogens with zero attached hydrogens (tertiary/aromatic N) is 2. The number of hydrogen-bond donors (Lipinski definition) is 2. The molecule has 7 heteroatoms. The summed E-state index contributed by atoms with van der Waals surface area (Å²) < 4.78 is 37.3. The largest absolute Gasteiger partial charge is 0.417 e. The summed E-state index contributed by atoms with van der Waals surface area (Å²) in [5.74, 6) is 0. The van der Waals surface area contributed by atoms with Crippen molar-refractivity contribution in [3.63, 3.8) is 0 Å². The highest BCUT2D eigenvalue weighted by molar-refractivity contribution is 5.79. The fourth-order valence-corrected chi connectivity index (χ4v) is 2.19. The smallest absolute Gasteiger partial charge is 0.346 e. The predicted molar refractivity (Wildman–Crippen MR) is 75.9 cm³/mol. The molecule has 22 heavy (non-hydrogen) atoms. The molecule has 0 amide bonds. The standard InChI is InChI=1S/C15H13F3N4/c16-15(17,18)11-1-2-12(22-8-11)9-19-7-10-3-5-20-14-13(10)4-6-21-14/h1-6,8,19H,7,9H2,(H,20,21). The van der Waals surface area contributed by atoms with Crippen LogP contribution in [0.1, 0.15) is 16.8 Å². The summed E-state index contributed by atoms with van der Waals surface area (Å²) in [6, 6.07) is 6.27. The van der Waals surface area contributed by atoms with E-state index in [1.165, 1.54) is 6.07 Å². The zero-order valence-corrected chi connectivity index (χ0v) is 11.5. The number of aromatic amines is 1. The lowest BCUT2D eigenvalue weighted by Crippen LogP contribution is -2.14. The number of hydrogen-bond acceptors (Lipinski definition) is 3. The Balaban J connectivity index is 1.62. The van der Waals surface area contributed by atoms with Crippen LogP contribution in [0.15, 0.2) is 42.9 Å². The lowest BCUT2D eigenvalue weighted by Gasteiger charge is -2.08. The summed E-state index contributed by atoms with van der Waals surface area (Å²) in [5, 5.41) is 4.20. The SMILES string of the molecule is FC(F)(F)c1ccc(CNCc2ccnc3[nH]ccc23)nc1. The van der Waals surface area contributed by atoms with Gasteiger partial charge in [0.15, 0.2) is 0 Å². The van der Waals surface area contributed by atoms with Crippen LogP contribution in [0.25, 0.3) is 11.0 Å². The number of aromatic nitrogens is 3. The van der Waals surface area contributed by atoms with Crippen LogP contribution < -0.4 is 5.32 Å². The summed E-state index contributed by atoms with van der Waals surface area (Å²) in [7, 11) is 0. The third-order valence-electron chi connectivity index (χ3n) is 3.32. The maximum atomic E-state index is 12.4. The Morgan fingerprint density at radius 1 is 1.05 bits per heavy atom. The maximum absolute atomic E-state index is 12.4. The molecule has 0 unspecified atom stereocenters. The van der Waals surface area contributed by atoms with Crippen molar-refractivity contribution in [1.29, 1.82) is 0 Å². The first-order valence-electron chi connectivity index (χ1n) is 6.68. The number of alkyl halides is 3. The van der Waals surface area contributed by atoms with Crippen LogP contribution in [0.3, 0.4) is 0 Å². The van der Waals surface area contributed by atoms with Crippen molar-refractivity contribution in [2.45, 2.75) is 19.3 Å². The van der Waals surface area contributed by atoms with Crippen LogP contribution in [-0.2, 0) is 19.3 Å². The van der Waals surface area contributed by atoms with E-state index >= 15 is 0 Å². The van der Waals surface area contributed by atoms with Crippen LogP contribution in [0.2, 0.25) is 0 Å². The van der Waals surface area contributed by atoms with Gasteiger partial charge in [0.25, 0.3) is 0 Å². The highest BCUT2D eigenvalue weighted by Crippen LogP contribution is 2.28. The minimum Gasteiger partial charge on any atom is -0.346 e. The number of pyridine rings is 2. The number of halogens is 3. The molecular formula is C15H13F3N4. The van der Waals surface area contributed by atoms with Gasteiger partial charge >= 0.3 is 6.18 Å². The number of rotatable bonds is 4. The van der Waals surface area contributed by atoms with E-state index in [0.717, 1.165) is 28.9 Å². The van der Waals surface area contributed by atoms with Gasteiger partial charge in [0.1, 0.15) is 5.65 Å². The first-order chi connectivity index (χ1) is 10.5. The van der Waals surface area contributed by atoms with E-state index in [1.807, 2.05) is 18.3 Å². The van der Waals surface area contributed by atoms with Crippen LogP contribution in [0.5, 0.6) is 0 Å². The van der Waals surface area contributed by atoms with Crippen molar-refractivity contribution in [3.05, 3.63) is 59.7 Å². The van der Waals surface area contributed by atoms with Gasteiger partial charge in [-0.2, -0.15) is 13.2 Å². The molecule has 0 aliphatic heterocycles. The van der Waals surface area contributed by atoms with Gasteiger partial charge in [-0.1, -0.05) is 0 Å². The van der Waals surface area contributed by atoms with Gasteiger partial charge in [-0.15, -0.1) is 0 Å². The van der Waals surface area contributed by atoms with E-state index in [4.69, 9.17) is 0 Å². The summed E-state index contributed by atoms with van der Waals surface area (Å²) in [6.07, 6.45) is 0.0362. The Morgan fingerprint density at radius 2 is 1.91 bits per heavy atom. The third kappa shape index (κ3) is 3.09. The minimum atomic E-state index is -4.35. The molecule has 4 nitrogen and oxygen atoms in total. The second-order valence-electron chi connectivity index (χ2n) is 4.85. The van der Waals surface area contributed by atoms with Crippen LogP contribution >= 0.6 is 0 Å². The van der Waals surface area contributed by atoms with Crippen LogP contribution in [0.4, 0.5) is 13.2 Å². The molecule has 3 aromatic rings. The topological polar surface area (TPSA) is 53.6 Å². The van der Waals surface area contributed by atoms with E-state index < -0.39 is 11.7 Å². The molecule has 0 saturated heterocycles. The first-order valence-corrected chi connectivity index (χ1v) is 6.68. The quantitative estimate of drug-likeness (QED) is 0.778. The van der Waals surface area contributed by atoms with Crippen molar-refractivity contribution in [3.8, 4) is 0 Å². The summed E-state index contributed by atoms with van der Waals surface area (Å²) in [4.78, 5) is 11.1. The molecule has 3 rings (SSSR count). The monoisotopic (exact) mass is 306 g/mol. The third-order valence-corrected chi connectivity index (χ3v) is 3.32. The van der Waals surface area contributed by atoms with Gasteiger partial charge < -0.3 is 10.3 Å². The summed E-state index contributed by atoms with van der Waals surface area (Å²) in [5.41, 5.74) is 1.71. The molecule has 0 saturated carbocycles. The summed E-state index contributed by atoms with van der Waals surface area (Å²) >= 11 is 0. The Hall–Kier alpha value is -2.41. The molecule has 0 aliphatic carbocycles. The van der Waals surface area contributed by atoms with E-state index in [0.29, 0.717) is 18.8 Å². The fraction of sp³-hybridized carbons (Fsp3) is 0.200. The van der Waals surface area contributed by atoms with E-state index in [1.54, 1.807) is 6.20 Å². The van der Waals surface area contributed by atoms with E-state index in [-0.39, 0.29) is 0 Å². The molecule has 0 fully saturated rings. The van der Waals surface area contributed by atoms with Crippen LogP contribution in [-0.4, -0.2) is 15.0 Å². The van der Waals surface area contributed by atoms with E-state index in [2.05, 4.69) is 20.3 Å². The molecule has 0 aliphatic rings. The molecule has 2 N–H and O–H groups in total. The molecule has 114 valence electrons. The minimum absolute atomic E-state index is 0.395. The molecule has 0 aromatic carbocycles. The van der Waals surface area contributed by atoms with Gasteiger partial charge in [-0.25, -0.2) is 4.98 Å². The van der Waals surface area contributed by atoms with E-state index in [9.17, 15) is 13.2 Å². The average molecular weight is 306 g/mol. The van der Waals surface area contributed by atoms with Crippen molar-refractivity contribution in [1.82, 2.24) is 20.3 Å². The molecule has 0 radical (unpaired) electrons. The van der Waals surface area contributed by atoms with Crippen LogP contribution in [0, 0.1) is 0 Å². The molecule has 3 aromatic heterocycles. The number of H-pyrrole nitrogens is 1. The Kier molecular flexibility index (Phi) is 3.81. The van der Waals surface area contributed by atoms with Gasteiger partial charge in [0.2, 0.25) is 0 Å². The predicted octanol–water partition coefficient (Wildman–Crippen LogP) is 3.27. The lowest BCUT2D eigenvalue weighted by atomic mass is 10.2. The zero-order valence-electron chi connectivity index (χ0n) is 11.5. The number of fused-ring (bicyclic) bond motifs is 1. The highest BCUT2D eigenvalue weighted by Gasteiger charge is 2.30. The Labute approximate surface area is 124 Å². The summed E-state index contributed by atoms with van der Waals surface area (Å²) in [6.45, 7) is 0.978.